The van der Waals surface area contributed by atoms with Gasteiger partial charge in [0, 0.05) is 12.0 Å². The van der Waals surface area contributed by atoms with E-state index in [1.54, 1.807) is 0 Å². The molecule has 0 fully saturated rings. The summed E-state index contributed by atoms with van der Waals surface area (Å²) in [6.45, 7) is 7.01. The number of rotatable bonds is 5. The fourth-order valence-corrected chi connectivity index (χ4v) is 0.671. The van der Waals surface area contributed by atoms with Gasteiger partial charge in [0.05, 0.1) is 6.54 Å². The number of hydrogen-bond donors (Lipinski definition) is 2. The molecule has 0 saturated carbocycles. The minimum Gasteiger partial charge on any atom is -0.396 e. The fraction of sp³-hybridized carbons (Fsp3) is 0.889. The highest BCUT2D eigenvalue weighted by molar-refractivity contribution is 5.85. The number of carbonyl (C=O) groups excluding carboxylic acids is 1. The van der Waals surface area contributed by atoms with Crippen LogP contribution in [0.25, 0.3) is 0 Å². The molecule has 0 aliphatic rings. The highest BCUT2D eigenvalue weighted by Gasteiger charge is 2.19. The third kappa shape index (κ3) is 5.27. The molecular formula is C9H19NO2. The Kier molecular flexibility index (Phi) is 5.09. The van der Waals surface area contributed by atoms with Crippen molar-refractivity contribution in [1.29, 1.82) is 0 Å². The van der Waals surface area contributed by atoms with Crippen LogP contribution in [0.4, 0.5) is 0 Å². The molecule has 2 N–H and O–H groups in total. The van der Waals surface area contributed by atoms with Gasteiger partial charge < -0.3 is 10.4 Å². The normalized spacial score (nSPS) is 11.7. The van der Waals surface area contributed by atoms with Gasteiger partial charge >= 0.3 is 0 Å². The van der Waals surface area contributed by atoms with E-state index >= 15 is 0 Å². The zero-order valence-corrected chi connectivity index (χ0v) is 8.18. The molecule has 0 aliphatic heterocycles. The van der Waals surface area contributed by atoms with Gasteiger partial charge in [-0.15, -0.1) is 0 Å². The van der Waals surface area contributed by atoms with Gasteiger partial charge in [0.15, 0.2) is 5.78 Å². The minimum absolute atomic E-state index is 0.177. The smallest absolute Gasteiger partial charge is 0.151 e. The first kappa shape index (κ1) is 11.6. The van der Waals surface area contributed by atoms with E-state index in [-0.39, 0.29) is 17.8 Å². The molecule has 0 unspecified atom stereocenters. The molecule has 0 saturated heterocycles. The fourth-order valence-electron chi connectivity index (χ4n) is 0.671. The molecule has 0 amide bonds. The first-order valence-electron chi connectivity index (χ1n) is 4.33. The van der Waals surface area contributed by atoms with Gasteiger partial charge in [-0.3, -0.25) is 4.79 Å². The lowest BCUT2D eigenvalue weighted by Gasteiger charge is -2.16. The second-order valence-electron chi connectivity index (χ2n) is 3.93. The van der Waals surface area contributed by atoms with Crippen molar-refractivity contribution in [3.63, 3.8) is 0 Å². The van der Waals surface area contributed by atoms with Crippen molar-refractivity contribution in [2.45, 2.75) is 27.2 Å². The predicted molar refractivity (Wildman–Crippen MR) is 49.0 cm³/mol. The Bertz CT molecular complexity index is 138. The van der Waals surface area contributed by atoms with Gasteiger partial charge in [0.25, 0.3) is 0 Å². The molecule has 72 valence electrons. The van der Waals surface area contributed by atoms with Gasteiger partial charge in [0.1, 0.15) is 0 Å². The van der Waals surface area contributed by atoms with Crippen molar-refractivity contribution >= 4 is 5.78 Å². The molecule has 0 aromatic carbocycles. The van der Waals surface area contributed by atoms with E-state index in [1.807, 2.05) is 20.8 Å². The highest BCUT2D eigenvalue weighted by atomic mass is 16.3. The standard InChI is InChI=1S/C9H19NO2/c1-9(2,3)8(12)7-10-5-4-6-11/h10-11H,4-7H2,1-3H3. The van der Waals surface area contributed by atoms with Crippen molar-refractivity contribution in [3.05, 3.63) is 0 Å². The van der Waals surface area contributed by atoms with Crippen LogP contribution in [-0.2, 0) is 4.79 Å². The Morgan fingerprint density at radius 1 is 1.42 bits per heavy atom. The van der Waals surface area contributed by atoms with E-state index < -0.39 is 0 Å². The van der Waals surface area contributed by atoms with Crippen LogP contribution < -0.4 is 5.32 Å². The third-order valence-corrected chi connectivity index (χ3v) is 1.63. The van der Waals surface area contributed by atoms with Crippen molar-refractivity contribution < 1.29 is 9.90 Å². The van der Waals surface area contributed by atoms with Gasteiger partial charge in [-0.1, -0.05) is 20.8 Å². The molecule has 0 radical (unpaired) electrons. The topological polar surface area (TPSA) is 49.3 Å². The van der Waals surface area contributed by atoms with Crippen LogP contribution in [0.5, 0.6) is 0 Å². The molecular weight excluding hydrogens is 154 g/mol. The Morgan fingerprint density at radius 3 is 2.42 bits per heavy atom. The van der Waals surface area contributed by atoms with Crippen LogP contribution >= 0.6 is 0 Å². The summed E-state index contributed by atoms with van der Waals surface area (Å²) in [6.07, 6.45) is 0.706. The summed E-state index contributed by atoms with van der Waals surface area (Å²) in [5.74, 6) is 0.209. The molecule has 12 heavy (non-hydrogen) atoms. The summed E-state index contributed by atoms with van der Waals surface area (Å²) in [5.41, 5.74) is -0.258. The lowest BCUT2D eigenvalue weighted by molar-refractivity contribution is -0.125. The van der Waals surface area contributed by atoms with Gasteiger partial charge in [-0.05, 0) is 13.0 Å². The van der Waals surface area contributed by atoms with Gasteiger partial charge in [-0.2, -0.15) is 0 Å². The van der Waals surface area contributed by atoms with Crippen molar-refractivity contribution in [1.82, 2.24) is 5.32 Å². The van der Waals surface area contributed by atoms with Crippen LogP contribution in [-0.4, -0.2) is 30.6 Å². The SMILES string of the molecule is CC(C)(C)C(=O)CNCCCO. The molecule has 0 atom stereocenters. The zero-order valence-electron chi connectivity index (χ0n) is 8.18. The Balaban J connectivity index is 3.45. The van der Waals surface area contributed by atoms with E-state index in [9.17, 15) is 4.79 Å². The maximum atomic E-state index is 11.3. The Hall–Kier alpha value is -0.410. The van der Waals surface area contributed by atoms with Crippen molar-refractivity contribution in [3.8, 4) is 0 Å². The summed E-state index contributed by atoms with van der Waals surface area (Å²) in [7, 11) is 0. The number of Topliss-reactive ketones (excluding diaryl/α,β-unsaturated/α-hetero) is 1. The van der Waals surface area contributed by atoms with Crippen LogP contribution in [0, 0.1) is 5.41 Å². The van der Waals surface area contributed by atoms with E-state index in [4.69, 9.17) is 5.11 Å². The zero-order chi connectivity index (χ0) is 9.61. The Labute approximate surface area is 74.2 Å². The number of carbonyl (C=O) groups is 1. The predicted octanol–water partition coefficient (Wildman–Crippen LogP) is 0.574. The van der Waals surface area contributed by atoms with Crippen LogP contribution in [0.3, 0.4) is 0 Å². The van der Waals surface area contributed by atoms with E-state index in [2.05, 4.69) is 5.32 Å². The number of ketones is 1. The van der Waals surface area contributed by atoms with Gasteiger partial charge in [-0.25, -0.2) is 0 Å². The van der Waals surface area contributed by atoms with E-state index in [0.29, 0.717) is 19.5 Å². The van der Waals surface area contributed by atoms with Crippen LogP contribution in [0.2, 0.25) is 0 Å². The van der Waals surface area contributed by atoms with E-state index in [1.165, 1.54) is 0 Å². The lowest BCUT2D eigenvalue weighted by atomic mass is 9.91. The minimum atomic E-state index is -0.258. The molecule has 0 aromatic heterocycles. The average molecular weight is 173 g/mol. The molecule has 0 spiro atoms. The van der Waals surface area contributed by atoms with Crippen molar-refractivity contribution in [2.75, 3.05) is 19.7 Å². The summed E-state index contributed by atoms with van der Waals surface area (Å²) < 4.78 is 0. The quantitative estimate of drug-likeness (QED) is 0.598. The Morgan fingerprint density at radius 2 is 2.00 bits per heavy atom. The maximum absolute atomic E-state index is 11.3. The highest BCUT2D eigenvalue weighted by Crippen LogP contribution is 2.13. The summed E-state index contributed by atoms with van der Waals surface area (Å²) in [5, 5.41) is 11.4. The third-order valence-electron chi connectivity index (χ3n) is 1.63. The molecule has 3 heteroatoms. The molecule has 3 nitrogen and oxygen atoms in total. The largest absolute Gasteiger partial charge is 0.396 e. The number of nitrogens with one attached hydrogen (secondary N) is 1. The first-order chi connectivity index (χ1) is 5.48. The molecule has 0 rings (SSSR count). The summed E-state index contributed by atoms with van der Waals surface area (Å²) >= 11 is 0. The molecule has 0 aromatic rings. The van der Waals surface area contributed by atoms with E-state index in [0.717, 1.165) is 0 Å². The number of aliphatic hydroxyl groups is 1. The van der Waals surface area contributed by atoms with Gasteiger partial charge in [0.2, 0.25) is 0 Å². The maximum Gasteiger partial charge on any atom is 0.151 e. The van der Waals surface area contributed by atoms with Crippen LogP contribution in [0.1, 0.15) is 27.2 Å². The molecule has 0 aliphatic carbocycles. The number of aliphatic hydroxyl groups excluding tert-OH is 1. The monoisotopic (exact) mass is 173 g/mol. The molecule has 0 bridgehead atoms. The second-order valence-corrected chi connectivity index (χ2v) is 3.93. The second kappa shape index (κ2) is 5.27. The number of hydrogen-bond acceptors (Lipinski definition) is 3. The average Bonchev–Trinajstić information content (AvgIpc) is 1.96. The first-order valence-corrected chi connectivity index (χ1v) is 4.33. The summed E-state index contributed by atoms with van der Waals surface area (Å²) in [6, 6.07) is 0. The van der Waals surface area contributed by atoms with Crippen molar-refractivity contribution in [2.24, 2.45) is 5.41 Å². The molecule has 0 heterocycles. The summed E-state index contributed by atoms with van der Waals surface area (Å²) in [4.78, 5) is 11.3. The lowest BCUT2D eigenvalue weighted by Crippen LogP contribution is -2.32. The van der Waals surface area contributed by atoms with Crippen LogP contribution in [0.15, 0.2) is 0 Å².